The maximum Gasteiger partial charge on any atom is 0.416 e. The summed E-state index contributed by atoms with van der Waals surface area (Å²) in [4.78, 5) is 13.2. The van der Waals surface area contributed by atoms with E-state index in [1.54, 1.807) is 11.3 Å². The molecule has 0 saturated heterocycles. The Kier molecular flexibility index (Phi) is 6.40. The summed E-state index contributed by atoms with van der Waals surface area (Å²) in [6, 6.07) is 8.44. The Bertz CT molecular complexity index is 939. The van der Waals surface area contributed by atoms with Crippen LogP contribution < -0.4 is 5.32 Å². The molecule has 10 heteroatoms. The topological polar surface area (TPSA) is 59.8 Å². The van der Waals surface area contributed by atoms with Crippen LogP contribution in [0.25, 0.3) is 10.7 Å². The van der Waals surface area contributed by atoms with Crippen LogP contribution in [0.1, 0.15) is 18.9 Å². The summed E-state index contributed by atoms with van der Waals surface area (Å²) in [6.45, 7) is 2.74. The maximum atomic E-state index is 12.8. The summed E-state index contributed by atoms with van der Waals surface area (Å²) in [6.07, 6.45) is -3.58. The van der Waals surface area contributed by atoms with Crippen molar-refractivity contribution in [3.8, 4) is 10.7 Å². The fourth-order valence-electron chi connectivity index (χ4n) is 2.51. The van der Waals surface area contributed by atoms with E-state index in [1.165, 1.54) is 23.9 Å². The van der Waals surface area contributed by atoms with Crippen molar-refractivity contribution in [2.24, 2.45) is 0 Å². The van der Waals surface area contributed by atoms with E-state index in [9.17, 15) is 18.0 Å². The molecule has 3 rings (SSSR count). The number of hydrogen-bond acceptors (Lipinski definition) is 5. The van der Waals surface area contributed by atoms with Crippen molar-refractivity contribution < 1.29 is 18.0 Å². The van der Waals surface area contributed by atoms with Gasteiger partial charge in [-0.15, -0.1) is 21.5 Å². The van der Waals surface area contributed by atoms with Crippen LogP contribution in [0, 0.1) is 0 Å². The predicted octanol–water partition coefficient (Wildman–Crippen LogP) is 5.17. The van der Waals surface area contributed by atoms with E-state index in [4.69, 9.17) is 0 Å². The lowest BCUT2D eigenvalue weighted by Gasteiger charge is -2.10. The molecule has 1 aromatic carbocycles. The van der Waals surface area contributed by atoms with E-state index in [0.29, 0.717) is 11.7 Å². The number of hydrogen-bond donors (Lipinski definition) is 1. The number of carbonyl (C=O) groups excluding carboxylic acids is 1. The zero-order valence-electron chi connectivity index (χ0n) is 14.9. The highest BCUT2D eigenvalue weighted by Crippen LogP contribution is 2.31. The van der Waals surface area contributed by atoms with Crippen LogP contribution in [-0.2, 0) is 17.5 Å². The Hall–Kier alpha value is -2.33. The third-order valence-corrected chi connectivity index (χ3v) is 5.54. The average molecular weight is 426 g/mol. The van der Waals surface area contributed by atoms with E-state index in [-0.39, 0.29) is 11.4 Å². The first-order valence-electron chi connectivity index (χ1n) is 8.45. The van der Waals surface area contributed by atoms with Crippen LogP contribution >= 0.6 is 23.1 Å². The summed E-state index contributed by atoms with van der Waals surface area (Å²) in [5.41, 5.74) is -0.698. The zero-order chi connectivity index (χ0) is 20.1. The van der Waals surface area contributed by atoms with E-state index in [2.05, 4.69) is 15.5 Å². The van der Waals surface area contributed by atoms with Gasteiger partial charge in [0, 0.05) is 12.2 Å². The maximum absolute atomic E-state index is 12.8. The van der Waals surface area contributed by atoms with Crippen molar-refractivity contribution in [2.45, 2.75) is 31.2 Å². The number of thioether (sulfide) groups is 1. The smallest absolute Gasteiger partial charge is 0.325 e. The molecule has 2 heterocycles. The number of thiophene rings is 1. The summed E-state index contributed by atoms with van der Waals surface area (Å²) >= 11 is 2.76. The number of halogens is 3. The number of nitrogens with one attached hydrogen (secondary N) is 1. The van der Waals surface area contributed by atoms with Gasteiger partial charge in [0.15, 0.2) is 11.0 Å². The Morgan fingerprint density at radius 3 is 2.75 bits per heavy atom. The van der Waals surface area contributed by atoms with Gasteiger partial charge >= 0.3 is 6.18 Å². The van der Waals surface area contributed by atoms with Crippen LogP contribution in [0.15, 0.2) is 46.9 Å². The van der Waals surface area contributed by atoms with E-state index in [0.717, 1.165) is 29.3 Å². The van der Waals surface area contributed by atoms with Crippen LogP contribution in [0.3, 0.4) is 0 Å². The fraction of sp³-hybridized carbons (Fsp3) is 0.278. The van der Waals surface area contributed by atoms with E-state index < -0.39 is 17.6 Å². The first kappa shape index (κ1) is 20.4. The minimum Gasteiger partial charge on any atom is -0.325 e. The lowest BCUT2D eigenvalue weighted by Crippen LogP contribution is -2.15. The Morgan fingerprint density at radius 2 is 2.07 bits per heavy atom. The van der Waals surface area contributed by atoms with Gasteiger partial charge in [-0.25, -0.2) is 0 Å². The van der Waals surface area contributed by atoms with Crippen molar-refractivity contribution in [1.82, 2.24) is 14.8 Å². The Morgan fingerprint density at radius 1 is 1.25 bits per heavy atom. The molecule has 0 spiro atoms. The van der Waals surface area contributed by atoms with Gasteiger partial charge < -0.3 is 9.88 Å². The first-order chi connectivity index (χ1) is 13.4. The second-order valence-electron chi connectivity index (χ2n) is 5.85. The number of amides is 1. The lowest BCUT2D eigenvalue weighted by atomic mass is 10.2. The summed E-state index contributed by atoms with van der Waals surface area (Å²) in [7, 11) is 0. The molecule has 0 unspecified atom stereocenters. The van der Waals surface area contributed by atoms with Crippen molar-refractivity contribution in [3.63, 3.8) is 0 Å². The standard InChI is InChI=1S/C18H17F3N4OS2/c1-2-8-25-16(14-7-4-9-27-14)23-24-17(25)28-11-15(26)22-13-6-3-5-12(10-13)18(19,20)21/h3-7,9-10H,2,8,11H2,1H3,(H,22,26). The van der Waals surface area contributed by atoms with Gasteiger partial charge in [-0.2, -0.15) is 13.2 Å². The molecule has 0 aliphatic carbocycles. The number of alkyl halides is 3. The van der Waals surface area contributed by atoms with Gasteiger partial charge in [0.25, 0.3) is 0 Å². The van der Waals surface area contributed by atoms with Crippen molar-refractivity contribution in [3.05, 3.63) is 47.3 Å². The molecule has 1 N–H and O–H groups in total. The van der Waals surface area contributed by atoms with Crippen LogP contribution in [-0.4, -0.2) is 26.4 Å². The van der Waals surface area contributed by atoms with Crippen LogP contribution in [0.4, 0.5) is 18.9 Å². The molecule has 0 aliphatic rings. The van der Waals surface area contributed by atoms with Crippen molar-refractivity contribution >= 4 is 34.7 Å². The number of rotatable bonds is 7. The highest BCUT2D eigenvalue weighted by Gasteiger charge is 2.30. The summed E-state index contributed by atoms with van der Waals surface area (Å²) in [5, 5.41) is 13.4. The molecule has 1 amide bonds. The van der Waals surface area contributed by atoms with Gasteiger partial charge in [0.1, 0.15) is 0 Å². The Labute approximate surface area is 168 Å². The van der Waals surface area contributed by atoms with E-state index >= 15 is 0 Å². The molecule has 148 valence electrons. The number of nitrogens with zero attached hydrogens (tertiary/aromatic N) is 3. The number of aromatic nitrogens is 3. The second-order valence-corrected chi connectivity index (χ2v) is 7.74. The van der Waals surface area contributed by atoms with Gasteiger partial charge in [0.2, 0.25) is 5.91 Å². The quantitative estimate of drug-likeness (QED) is 0.530. The number of benzene rings is 1. The van der Waals surface area contributed by atoms with Crippen LogP contribution in [0.5, 0.6) is 0 Å². The van der Waals surface area contributed by atoms with Gasteiger partial charge in [-0.1, -0.05) is 30.8 Å². The molecule has 2 aromatic heterocycles. The van der Waals surface area contributed by atoms with E-state index in [1.807, 2.05) is 29.0 Å². The molecule has 0 atom stereocenters. The molecular formula is C18H17F3N4OS2. The monoisotopic (exact) mass is 426 g/mol. The van der Waals surface area contributed by atoms with Gasteiger partial charge in [-0.3, -0.25) is 4.79 Å². The third kappa shape index (κ3) is 4.93. The predicted molar refractivity (Wildman–Crippen MR) is 104 cm³/mol. The minimum absolute atomic E-state index is 0.0164. The molecule has 0 radical (unpaired) electrons. The fourth-order valence-corrected chi connectivity index (χ4v) is 3.99. The highest BCUT2D eigenvalue weighted by molar-refractivity contribution is 7.99. The molecule has 3 aromatic rings. The first-order valence-corrected chi connectivity index (χ1v) is 10.3. The highest BCUT2D eigenvalue weighted by atomic mass is 32.2. The van der Waals surface area contributed by atoms with Gasteiger partial charge in [0.05, 0.1) is 16.2 Å². The number of anilines is 1. The molecule has 0 bridgehead atoms. The van der Waals surface area contributed by atoms with Crippen molar-refractivity contribution in [2.75, 3.05) is 11.1 Å². The van der Waals surface area contributed by atoms with Crippen LogP contribution in [0.2, 0.25) is 0 Å². The summed E-state index contributed by atoms with van der Waals surface area (Å²) < 4.78 is 40.3. The Balaban J connectivity index is 1.67. The second kappa shape index (κ2) is 8.78. The largest absolute Gasteiger partial charge is 0.416 e. The SMILES string of the molecule is CCCn1c(SCC(=O)Nc2cccc(C(F)(F)F)c2)nnc1-c1cccs1. The normalized spacial score (nSPS) is 11.6. The van der Waals surface area contributed by atoms with Gasteiger partial charge in [-0.05, 0) is 36.1 Å². The molecule has 0 fully saturated rings. The van der Waals surface area contributed by atoms with Crippen molar-refractivity contribution in [1.29, 1.82) is 0 Å². The molecule has 5 nitrogen and oxygen atoms in total. The zero-order valence-corrected chi connectivity index (χ0v) is 16.5. The third-order valence-electron chi connectivity index (χ3n) is 3.71. The number of carbonyl (C=O) groups is 1. The average Bonchev–Trinajstić information content (AvgIpc) is 3.29. The molecule has 0 aliphatic heterocycles. The summed E-state index contributed by atoms with van der Waals surface area (Å²) in [5.74, 6) is 0.355. The lowest BCUT2D eigenvalue weighted by molar-refractivity contribution is -0.137. The molecule has 0 saturated carbocycles. The molecular weight excluding hydrogens is 409 g/mol. The molecule has 28 heavy (non-hydrogen) atoms. The minimum atomic E-state index is -4.45.